The number of carbonyl (C=O) groups excluding carboxylic acids is 1. The van der Waals surface area contributed by atoms with E-state index in [0.717, 1.165) is 19.4 Å². The van der Waals surface area contributed by atoms with Crippen LogP contribution < -0.4 is 11.1 Å². The number of hydrogen-bond acceptors (Lipinski definition) is 2. The van der Waals surface area contributed by atoms with Crippen molar-refractivity contribution in [1.82, 2.24) is 5.32 Å². The van der Waals surface area contributed by atoms with Crippen LogP contribution in [-0.4, -0.2) is 19.0 Å². The molecule has 1 unspecified atom stereocenters. The number of nitrogens with two attached hydrogens (primary N) is 1. The Bertz CT molecular complexity index is 169. The second-order valence-corrected chi connectivity index (χ2v) is 4.94. The average molecular weight is 200 g/mol. The van der Waals surface area contributed by atoms with Crippen LogP contribution in [0.5, 0.6) is 0 Å². The molecule has 0 spiro atoms. The van der Waals surface area contributed by atoms with Crippen LogP contribution in [0.25, 0.3) is 0 Å². The van der Waals surface area contributed by atoms with Crippen LogP contribution in [0.1, 0.15) is 40.5 Å². The Labute approximate surface area is 87.4 Å². The van der Waals surface area contributed by atoms with Gasteiger partial charge in [-0.1, -0.05) is 27.7 Å². The van der Waals surface area contributed by atoms with Gasteiger partial charge in [-0.15, -0.1) is 0 Å². The predicted octanol–water partition coefficient (Wildman–Crippen LogP) is 1.52. The van der Waals surface area contributed by atoms with Crippen LogP contribution in [0, 0.1) is 11.3 Å². The summed E-state index contributed by atoms with van der Waals surface area (Å²) in [6.07, 6.45) is 1.82. The van der Waals surface area contributed by atoms with E-state index in [1.165, 1.54) is 0 Å². The summed E-state index contributed by atoms with van der Waals surface area (Å²) in [5.74, 6) is 0.0780. The molecule has 3 N–H and O–H groups in total. The third kappa shape index (κ3) is 5.97. The minimum absolute atomic E-state index is 0.0185. The van der Waals surface area contributed by atoms with Crippen LogP contribution in [0.2, 0.25) is 0 Å². The van der Waals surface area contributed by atoms with Gasteiger partial charge in [0.15, 0.2) is 0 Å². The van der Waals surface area contributed by atoms with Crippen molar-refractivity contribution in [3.63, 3.8) is 0 Å². The van der Waals surface area contributed by atoms with E-state index >= 15 is 0 Å². The first-order valence-corrected chi connectivity index (χ1v) is 5.38. The normalized spacial score (nSPS) is 13.8. The molecule has 0 aliphatic heterocycles. The fraction of sp³-hybridized carbons (Fsp3) is 0.909. The van der Waals surface area contributed by atoms with Crippen LogP contribution in [0.3, 0.4) is 0 Å². The molecule has 14 heavy (non-hydrogen) atoms. The molecule has 0 aliphatic carbocycles. The highest BCUT2D eigenvalue weighted by Crippen LogP contribution is 2.17. The van der Waals surface area contributed by atoms with Crippen molar-refractivity contribution in [3.8, 4) is 0 Å². The maximum Gasteiger partial charge on any atom is 0.224 e. The standard InChI is InChI=1S/C11H24N2O/c1-5-9(8-12)10(14)13-7-6-11(2,3)4/h9H,5-8,12H2,1-4H3,(H,13,14). The minimum Gasteiger partial charge on any atom is -0.356 e. The maximum atomic E-state index is 11.5. The molecule has 0 radical (unpaired) electrons. The van der Waals surface area contributed by atoms with Gasteiger partial charge in [-0.3, -0.25) is 4.79 Å². The van der Waals surface area contributed by atoms with Gasteiger partial charge in [-0.05, 0) is 18.3 Å². The molecule has 0 fully saturated rings. The van der Waals surface area contributed by atoms with Crippen LogP contribution in [-0.2, 0) is 4.79 Å². The molecule has 0 saturated heterocycles. The summed E-state index contributed by atoms with van der Waals surface area (Å²) in [7, 11) is 0. The smallest absolute Gasteiger partial charge is 0.224 e. The van der Waals surface area contributed by atoms with Gasteiger partial charge in [0.25, 0.3) is 0 Å². The van der Waals surface area contributed by atoms with Gasteiger partial charge in [-0.2, -0.15) is 0 Å². The zero-order valence-corrected chi connectivity index (χ0v) is 9.89. The second-order valence-electron chi connectivity index (χ2n) is 4.94. The minimum atomic E-state index is -0.0185. The average Bonchev–Trinajstić information content (AvgIpc) is 2.04. The molecule has 0 heterocycles. The highest BCUT2D eigenvalue weighted by Gasteiger charge is 2.15. The molecule has 0 bridgehead atoms. The molecule has 0 aromatic heterocycles. The van der Waals surface area contributed by atoms with E-state index in [2.05, 4.69) is 26.1 Å². The highest BCUT2D eigenvalue weighted by molar-refractivity contribution is 5.78. The summed E-state index contributed by atoms with van der Waals surface area (Å²) in [4.78, 5) is 11.5. The molecule has 3 nitrogen and oxygen atoms in total. The number of carbonyl (C=O) groups is 1. The molecular formula is C11H24N2O. The second kappa shape index (κ2) is 6.02. The number of rotatable bonds is 5. The molecular weight excluding hydrogens is 176 g/mol. The maximum absolute atomic E-state index is 11.5. The van der Waals surface area contributed by atoms with Crippen LogP contribution in [0.4, 0.5) is 0 Å². The van der Waals surface area contributed by atoms with Crippen molar-refractivity contribution in [2.45, 2.75) is 40.5 Å². The Kier molecular flexibility index (Phi) is 5.77. The summed E-state index contributed by atoms with van der Waals surface area (Å²) in [5.41, 5.74) is 5.76. The molecule has 0 aromatic carbocycles. The van der Waals surface area contributed by atoms with Gasteiger partial charge >= 0.3 is 0 Å². The molecule has 1 amide bonds. The fourth-order valence-corrected chi connectivity index (χ4v) is 1.16. The first-order chi connectivity index (χ1) is 6.40. The van der Waals surface area contributed by atoms with Gasteiger partial charge in [0, 0.05) is 19.0 Å². The molecule has 1 atom stereocenters. The lowest BCUT2D eigenvalue weighted by Gasteiger charge is -2.19. The van der Waals surface area contributed by atoms with Gasteiger partial charge in [0.2, 0.25) is 5.91 Å². The van der Waals surface area contributed by atoms with Crippen LogP contribution in [0.15, 0.2) is 0 Å². The van der Waals surface area contributed by atoms with Crippen LogP contribution >= 0.6 is 0 Å². The van der Waals surface area contributed by atoms with E-state index in [-0.39, 0.29) is 17.2 Å². The third-order valence-corrected chi connectivity index (χ3v) is 2.32. The van der Waals surface area contributed by atoms with Crippen molar-refractivity contribution in [2.24, 2.45) is 17.1 Å². The van der Waals surface area contributed by atoms with Crippen molar-refractivity contribution in [2.75, 3.05) is 13.1 Å². The Balaban J connectivity index is 3.74. The predicted molar refractivity (Wildman–Crippen MR) is 59.9 cm³/mol. The van der Waals surface area contributed by atoms with Gasteiger partial charge in [0.1, 0.15) is 0 Å². The Hall–Kier alpha value is -0.570. The molecule has 0 aromatic rings. The zero-order valence-electron chi connectivity index (χ0n) is 9.89. The van der Waals surface area contributed by atoms with Crippen molar-refractivity contribution >= 4 is 5.91 Å². The SMILES string of the molecule is CCC(CN)C(=O)NCCC(C)(C)C. The summed E-state index contributed by atoms with van der Waals surface area (Å²) >= 11 is 0. The Morgan fingerprint density at radius 1 is 1.43 bits per heavy atom. The highest BCUT2D eigenvalue weighted by atomic mass is 16.1. The summed E-state index contributed by atoms with van der Waals surface area (Å²) in [5, 5.41) is 2.92. The summed E-state index contributed by atoms with van der Waals surface area (Å²) in [6, 6.07) is 0. The quantitative estimate of drug-likeness (QED) is 0.707. The first-order valence-electron chi connectivity index (χ1n) is 5.38. The van der Waals surface area contributed by atoms with E-state index in [4.69, 9.17) is 5.73 Å². The Morgan fingerprint density at radius 2 is 2.00 bits per heavy atom. The zero-order chi connectivity index (χ0) is 11.2. The van der Waals surface area contributed by atoms with Gasteiger partial charge in [-0.25, -0.2) is 0 Å². The van der Waals surface area contributed by atoms with E-state index in [1.54, 1.807) is 0 Å². The third-order valence-electron chi connectivity index (χ3n) is 2.32. The summed E-state index contributed by atoms with van der Waals surface area (Å²) in [6.45, 7) is 9.68. The molecule has 0 saturated carbocycles. The van der Waals surface area contributed by atoms with Gasteiger partial charge in [0.05, 0.1) is 0 Å². The van der Waals surface area contributed by atoms with E-state index in [1.807, 2.05) is 6.92 Å². The molecule has 84 valence electrons. The lowest BCUT2D eigenvalue weighted by Crippen LogP contribution is -2.36. The number of amides is 1. The monoisotopic (exact) mass is 200 g/mol. The topological polar surface area (TPSA) is 55.1 Å². The van der Waals surface area contributed by atoms with Gasteiger partial charge < -0.3 is 11.1 Å². The molecule has 0 aliphatic rings. The fourth-order valence-electron chi connectivity index (χ4n) is 1.16. The van der Waals surface area contributed by atoms with E-state index < -0.39 is 0 Å². The number of hydrogen-bond donors (Lipinski definition) is 2. The van der Waals surface area contributed by atoms with Crippen molar-refractivity contribution in [1.29, 1.82) is 0 Å². The molecule has 3 heteroatoms. The molecule has 0 rings (SSSR count). The number of nitrogens with one attached hydrogen (secondary N) is 1. The Morgan fingerprint density at radius 3 is 2.36 bits per heavy atom. The lowest BCUT2D eigenvalue weighted by molar-refractivity contribution is -0.124. The van der Waals surface area contributed by atoms with E-state index in [9.17, 15) is 4.79 Å². The van der Waals surface area contributed by atoms with Crippen molar-refractivity contribution in [3.05, 3.63) is 0 Å². The van der Waals surface area contributed by atoms with Crippen molar-refractivity contribution < 1.29 is 4.79 Å². The first kappa shape index (κ1) is 13.4. The lowest BCUT2D eigenvalue weighted by atomic mass is 9.92. The largest absolute Gasteiger partial charge is 0.356 e. The summed E-state index contributed by atoms with van der Waals surface area (Å²) < 4.78 is 0. The van der Waals surface area contributed by atoms with E-state index in [0.29, 0.717) is 6.54 Å².